The van der Waals surface area contributed by atoms with E-state index in [2.05, 4.69) is 16.0 Å². The lowest BCUT2D eigenvalue weighted by atomic mass is 9.99. The predicted molar refractivity (Wildman–Crippen MR) is 99.8 cm³/mol. The maximum Gasteiger partial charge on any atom is 0.255 e. The monoisotopic (exact) mass is 370 g/mol. The van der Waals surface area contributed by atoms with Gasteiger partial charge in [-0.25, -0.2) is 0 Å². The van der Waals surface area contributed by atoms with E-state index in [1.807, 2.05) is 18.2 Å². The molecule has 2 fully saturated rings. The highest BCUT2D eigenvalue weighted by molar-refractivity contribution is 6.05. The van der Waals surface area contributed by atoms with Gasteiger partial charge in [0.25, 0.3) is 5.91 Å². The fourth-order valence-corrected chi connectivity index (χ4v) is 4.32. The summed E-state index contributed by atoms with van der Waals surface area (Å²) < 4.78 is 0. The van der Waals surface area contributed by atoms with Gasteiger partial charge in [0.05, 0.1) is 0 Å². The number of nitrogens with one attached hydrogen (secondary N) is 3. The van der Waals surface area contributed by atoms with Crippen molar-refractivity contribution in [1.29, 1.82) is 0 Å². The van der Waals surface area contributed by atoms with Crippen LogP contribution in [0.3, 0.4) is 0 Å². The molecule has 2 atom stereocenters. The summed E-state index contributed by atoms with van der Waals surface area (Å²) in [4.78, 5) is 38.0. The molecule has 0 bridgehead atoms. The van der Waals surface area contributed by atoms with Crippen LogP contribution in [0.2, 0.25) is 0 Å². The van der Waals surface area contributed by atoms with E-state index in [-0.39, 0.29) is 24.1 Å². The summed E-state index contributed by atoms with van der Waals surface area (Å²) in [6, 6.07) is 5.23. The van der Waals surface area contributed by atoms with Crippen LogP contribution in [-0.4, -0.2) is 48.3 Å². The zero-order valence-electron chi connectivity index (χ0n) is 15.4. The summed E-state index contributed by atoms with van der Waals surface area (Å²) in [5.74, 6) is -0.0886. The molecule has 2 saturated heterocycles. The minimum Gasteiger partial charge on any atom is -0.322 e. The van der Waals surface area contributed by atoms with Gasteiger partial charge in [-0.2, -0.15) is 0 Å². The molecule has 0 radical (unpaired) electrons. The molecule has 1 aromatic carbocycles. The number of piperidine rings is 2. The van der Waals surface area contributed by atoms with Gasteiger partial charge in [0, 0.05) is 25.1 Å². The lowest BCUT2D eigenvalue weighted by Crippen LogP contribution is -2.52. The van der Waals surface area contributed by atoms with Gasteiger partial charge in [-0.15, -0.1) is 0 Å². The highest BCUT2D eigenvalue weighted by atomic mass is 16.2. The molecule has 144 valence electrons. The molecule has 4 rings (SSSR count). The molecule has 3 aliphatic rings. The molecule has 0 aromatic heterocycles. The van der Waals surface area contributed by atoms with E-state index in [9.17, 15) is 14.4 Å². The zero-order chi connectivity index (χ0) is 18.8. The van der Waals surface area contributed by atoms with Crippen molar-refractivity contribution in [2.45, 2.75) is 44.8 Å². The van der Waals surface area contributed by atoms with Gasteiger partial charge in [-0.1, -0.05) is 12.1 Å². The second-order valence-electron chi connectivity index (χ2n) is 7.69. The Bertz CT molecular complexity index is 758. The number of nitrogens with zero attached hydrogens (tertiary/aromatic N) is 1. The summed E-state index contributed by atoms with van der Waals surface area (Å²) in [5, 5.41) is 9.31. The van der Waals surface area contributed by atoms with E-state index in [1.165, 1.54) is 12.8 Å². The highest BCUT2D eigenvalue weighted by Gasteiger charge is 2.39. The molecule has 0 aliphatic carbocycles. The van der Waals surface area contributed by atoms with Gasteiger partial charge < -0.3 is 15.5 Å². The summed E-state index contributed by atoms with van der Waals surface area (Å²) in [7, 11) is 0. The zero-order valence-corrected chi connectivity index (χ0v) is 15.4. The molecule has 1 aromatic rings. The molecular weight excluding hydrogens is 344 g/mol. The van der Waals surface area contributed by atoms with Crippen LogP contribution in [0, 0.1) is 5.92 Å². The van der Waals surface area contributed by atoms with Crippen molar-refractivity contribution < 1.29 is 14.4 Å². The van der Waals surface area contributed by atoms with E-state index < -0.39 is 6.04 Å². The minimum atomic E-state index is -0.559. The highest BCUT2D eigenvalue weighted by Crippen LogP contribution is 2.29. The van der Waals surface area contributed by atoms with Crippen molar-refractivity contribution in [2.24, 2.45) is 5.92 Å². The van der Waals surface area contributed by atoms with E-state index in [1.54, 1.807) is 4.90 Å². The van der Waals surface area contributed by atoms with Crippen molar-refractivity contribution in [1.82, 2.24) is 20.9 Å². The maximum absolute atomic E-state index is 12.8. The van der Waals surface area contributed by atoms with Crippen LogP contribution in [-0.2, 0) is 22.7 Å². The lowest BCUT2D eigenvalue weighted by Gasteiger charge is -2.29. The van der Waals surface area contributed by atoms with Crippen LogP contribution < -0.4 is 16.0 Å². The van der Waals surface area contributed by atoms with Gasteiger partial charge in [0.2, 0.25) is 11.8 Å². The Morgan fingerprint density at radius 3 is 2.85 bits per heavy atom. The average molecular weight is 370 g/mol. The molecule has 7 heteroatoms. The number of hydrogen-bond donors (Lipinski definition) is 3. The summed E-state index contributed by atoms with van der Waals surface area (Å²) in [5.41, 5.74) is 2.79. The molecule has 3 aliphatic heterocycles. The SMILES string of the molecule is O=C1CCC(N2Cc3c(CNC[C@@H]4CCCNC4)cccc3C2=O)C(=O)N1. The van der Waals surface area contributed by atoms with Crippen LogP contribution in [0.5, 0.6) is 0 Å². The smallest absolute Gasteiger partial charge is 0.255 e. The van der Waals surface area contributed by atoms with E-state index in [4.69, 9.17) is 0 Å². The number of amides is 3. The Hall–Kier alpha value is -2.25. The van der Waals surface area contributed by atoms with Gasteiger partial charge in [-0.3, -0.25) is 19.7 Å². The van der Waals surface area contributed by atoms with Crippen LogP contribution in [0.25, 0.3) is 0 Å². The molecule has 0 saturated carbocycles. The maximum atomic E-state index is 12.8. The second-order valence-corrected chi connectivity index (χ2v) is 7.69. The Balaban J connectivity index is 1.42. The third-order valence-electron chi connectivity index (χ3n) is 5.83. The van der Waals surface area contributed by atoms with Crippen molar-refractivity contribution in [3.63, 3.8) is 0 Å². The standard InChI is InChI=1S/C20H26N4O3/c25-18-7-6-17(19(26)23-18)24-12-16-14(4-1-5-15(16)20(24)27)11-22-10-13-3-2-8-21-9-13/h1,4-5,13,17,21-22H,2-3,6-12H2,(H,23,25,26)/t13-,17?/m1/s1. The van der Waals surface area contributed by atoms with Crippen LogP contribution in [0.15, 0.2) is 18.2 Å². The van der Waals surface area contributed by atoms with Crippen molar-refractivity contribution in [3.05, 3.63) is 34.9 Å². The first-order valence-electron chi connectivity index (χ1n) is 9.80. The summed E-state index contributed by atoms with van der Waals surface area (Å²) in [6.07, 6.45) is 3.14. The fourth-order valence-electron chi connectivity index (χ4n) is 4.32. The van der Waals surface area contributed by atoms with E-state index >= 15 is 0 Å². The average Bonchev–Trinajstić information content (AvgIpc) is 3.00. The number of imide groups is 1. The van der Waals surface area contributed by atoms with Crippen LogP contribution in [0.4, 0.5) is 0 Å². The molecule has 7 nitrogen and oxygen atoms in total. The van der Waals surface area contributed by atoms with Crippen LogP contribution >= 0.6 is 0 Å². The first-order valence-corrected chi connectivity index (χ1v) is 9.80. The number of hydrogen-bond acceptors (Lipinski definition) is 5. The Kier molecular flexibility index (Phi) is 5.22. The largest absolute Gasteiger partial charge is 0.322 e. The van der Waals surface area contributed by atoms with E-state index in [0.29, 0.717) is 24.4 Å². The molecule has 3 N–H and O–H groups in total. The quantitative estimate of drug-likeness (QED) is 0.658. The number of carbonyl (C=O) groups excluding carboxylic acids is 3. The first-order chi connectivity index (χ1) is 13.1. The third kappa shape index (κ3) is 3.75. The number of benzene rings is 1. The minimum absolute atomic E-state index is 0.113. The van der Waals surface area contributed by atoms with Crippen molar-refractivity contribution in [3.8, 4) is 0 Å². The Labute approximate surface area is 158 Å². The summed E-state index contributed by atoms with van der Waals surface area (Å²) in [6.45, 7) is 4.28. The number of rotatable bonds is 5. The van der Waals surface area contributed by atoms with Crippen molar-refractivity contribution in [2.75, 3.05) is 19.6 Å². The fraction of sp³-hybridized carbons (Fsp3) is 0.550. The Morgan fingerprint density at radius 2 is 2.07 bits per heavy atom. The number of carbonyl (C=O) groups is 3. The van der Waals surface area contributed by atoms with Gasteiger partial charge in [0.1, 0.15) is 6.04 Å². The van der Waals surface area contributed by atoms with Crippen molar-refractivity contribution >= 4 is 17.7 Å². The lowest BCUT2D eigenvalue weighted by molar-refractivity contribution is -0.136. The van der Waals surface area contributed by atoms with Gasteiger partial charge >= 0.3 is 0 Å². The molecule has 27 heavy (non-hydrogen) atoms. The molecule has 3 heterocycles. The first kappa shape index (κ1) is 18.1. The molecular formula is C20H26N4O3. The summed E-state index contributed by atoms with van der Waals surface area (Å²) >= 11 is 0. The molecule has 1 unspecified atom stereocenters. The van der Waals surface area contributed by atoms with E-state index in [0.717, 1.165) is 37.3 Å². The van der Waals surface area contributed by atoms with Crippen LogP contribution in [0.1, 0.15) is 47.2 Å². The predicted octanol–water partition coefficient (Wildman–Crippen LogP) is 0.537. The number of fused-ring (bicyclic) bond motifs is 1. The van der Waals surface area contributed by atoms with Gasteiger partial charge in [0.15, 0.2) is 0 Å². The molecule has 0 spiro atoms. The normalized spacial score (nSPS) is 25.5. The van der Waals surface area contributed by atoms with Gasteiger partial charge in [-0.05, 0) is 62.0 Å². The third-order valence-corrected chi connectivity index (χ3v) is 5.83. The molecule has 3 amide bonds. The Morgan fingerprint density at radius 1 is 1.19 bits per heavy atom. The topological polar surface area (TPSA) is 90.5 Å². The second kappa shape index (κ2) is 7.78.